The number of rotatable bonds is 5. The molecule has 0 unspecified atom stereocenters. The summed E-state index contributed by atoms with van der Waals surface area (Å²) in [6.07, 6.45) is 3.29. The van der Waals surface area contributed by atoms with E-state index < -0.39 is 16.0 Å². The average Bonchev–Trinajstić information content (AvgIpc) is 2.33. The second kappa shape index (κ2) is 5.30. The molecule has 1 aromatic rings. The summed E-state index contributed by atoms with van der Waals surface area (Å²) in [6, 6.07) is 5.47. The summed E-state index contributed by atoms with van der Waals surface area (Å²) < 4.78 is 25.9. The normalized spacial score (nSPS) is 16.3. The number of hydrogen-bond acceptors (Lipinski definition) is 3. The van der Waals surface area contributed by atoms with Crippen LogP contribution in [0, 0.1) is 5.92 Å². The Bertz CT molecular complexity index is 578. The van der Waals surface area contributed by atoms with Crippen LogP contribution in [0.4, 0.5) is 0 Å². The molecule has 1 N–H and O–H groups in total. The molecule has 0 spiro atoms. The summed E-state index contributed by atoms with van der Waals surface area (Å²) in [5, 5.41) is 8.90. The second-order valence-corrected chi connectivity index (χ2v) is 6.96. The van der Waals surface area contributed by atoms with E-state index in [1.165, 1.54) is 28.6 Å². The maximum Gasteiger partial charge on any atom is 0.335 e. The van der Waals surface area contributed by atoms with Crippen molar-refractivity contribution in [3.63, 3.8) is 0 Å². The maximum atomic E-state index is 12.3. The first-order chi connectivity index (χ1) is 8.91. The molecule has 19 heavy (non-hydrogen) atoms. The smallest absolute Gasteiger partial charge is 0.335 e. The van der Waals surface area contributed by atoms with Gasteiger partial charge in [-0.05, 0) is 37.0 Å². The number of nitrogens with zero attached hydrogens (tertiary/aromatic N) is 1. The van der Waals surface area contributed by atoms with Crippen molar-refractivity contribution in [2.24, 2.45) is 5.92 Å². The highest BCUT2D eigenvalue weighted by atomic mass is 32.2. The minimum atomic E-state index is -3.60. The Labute approximate surface area is 112 Å². The highest BCUT2D eigenvalue weighted by Crippen LogP contribution is 2.28. The summed E-state index contributed by atoms with van der Waals surface area (Å²) in [7, 11) is -2.05. The Morgan fingerprint density at radius 3 is 2.63 bits per heavy atom. The van der Waals surface area contributed by atoms with Crippen molar-refractivity contribution in [2.45, 2.75) is 24.2 Å². The largest absolute Gasteiger partial charge is 0.478 e. The van der Waals surface area contributed by atoms with Crippen molar-refractivity contribution in [3.8, 4) is 0 Å². The fourth-order valence-corrected chi connectivity index (χ4v) is 3.40. The van der Waals surface area contributed by atoms with Gasteiger partial charge in [-0.1, -0.05) is 12.5 Å². The highest BCUT2D eigenvalue weighted by molar-refractivity contribution is 7.89. The molecule has 1 aliphatic rings. The lowest BCUT2D eigenvalue weighted by Crippen LogP contribution is -2.34. The van der Waals surface area contributed by atoms with Gasteiger partial charge in [-0.25, -0.2) is 17.5 Å². The summed E-state index contributed by atoms with van der Waals surface area (Å²) in [5.41, 5.74) is -0.0156. The van der Waals surface area contributed by atoms with Crippen LogP contribution in [-0.2, 0) is 10.0 Å². The third kappa shape index (κ3) is 2.96. The topological polar surface area (TPSA) is 74.7 Å². The second-order valence-electron chi connectivity index (χ2n) is 4.92. The molecule has 104 valence electrons. The van der Waals surface area contributed by atoms with Gasteiger partial charge in [0.25, 0.3) is 0 Å². The zero-order valence-corrected chi connectivity index (χ0v) is 11.6. The fraction of sp³-hybridized carbons (Fsp3) is 0.462. The molecule has 2 rings (SSSR count). The Balaban J connectivity index is 2.22. The standard InChI is InChI=1S/C13H17NO4S/c1-14(9-10-4-2-5-10)19(17,18)12-7-3-6-11(8-12)13(15)16/h3,6-8,10H,2,4-5,9H2,1H3,(H,15,16). The van der Waals surface area contributed by atoms with Gasteiger partial charge in [0.15, 0.2) is 0 Å². The van der Waals surface area contributed by atoms with E-state index in [2.05, 4.69) is 0 Å². The number of benzene rings is 1. The Morgan fingerprint density at radius 1 is 1.42 bits per heavy atom. The maximum absolute atomic E-state index is 12.3. The van der Waals surface area contributed by atoms with Crippen molar-refractivity contribution in [1.82, 2.24) is 4.31 Å². The molecule has 0 radical (unpaired) electrons. The molecule has 0 amide bonds. The molecular weight excluding hydrogens is 266 g/mol. The number of carbonyl (C=O) groups is 1. The predicted octanol–water partition coefficient (Wildman–Crippen LogP) is 1.81. The summed E-state index contributed by atoms with van der Waals surface area (Å²) in [5.74, 6) is -0.693. The minimum Gasteiger partial charge on any atom is -0.478 e. The van der Waals surface area contributed by atoms with E-state index in [4.69, 9.17) is 5.11 Å². The van der Waals surface area contributed by atoms with Crippen LogP contribution in [0.2, 0.25) is 0 Å². The fourth-order valence-electron chi connectivity index (χ4n) is 2.11. The molecule has 0 heterocycles. The van der Waals surface area contributed by atoms with E-state index >= 15 is 0 Å². The molecular formula is C13H17NO4S. The third-order valence-electron chi connectivity index (χ3n) is 3.53. The van der Waals surface area contributed by atoms with Gasteiger partial charge in [-0.2, -0.15) is 0 Å². The van der Waals surface area contributed by atoms with E-state index in [-0.39, 0.29) is 10.5 Å². The molecule has 0 bridgehead atoms. The van der Waals surface area contributed by atoms with E-state index in [1.807, 2.05) is 0 Å². The van der Waals surface area contributed by atoms with Gasteiger partial charge in [0.05, 0.1) is 10.5 Å². The van der Waals surface area contributed by atoms with Gasteiger partial charge >= 0.3 is 5.97 Å². The first-order valence-electron chi connectivity index (χ1n) is 6.21. The molecule has 1 fully saturated rings. The Kier molecular flexibility index (Phi) is 3.91. The first-order valence-corrected chi connectivity index (χ1v) is 7.65. The molecule has 1 saturated carbocycles. The SMILES string of the molecule is CN(CC1CCC1)S(=O)(=O)c1cccc(C(=O)O)c1. The quantitative estimate of drug-likeness (QED) is 0.894. The molecule has 1 aliphatic carbocycles. The number of carboxylic acid groups (broad SMARTS) is 1. The zero-order chi connectivity index (χ0) is 14.0. The van der Waals surface area contributed by atoms with E-state index in [9.17, 15) is 13.2 Å². The molecule has 0 aliphatic heterocycles. The minimum absolute atomic E-state index is 0.0156. The number of carboxylic acids is 1. The lowest BCUT2D eigenvalue weighted by atomic mass is 9.86. The van der Waals surface area contributed by atoms with Gasteiger partial charge in [-0.3, -0.25) is 0 Å². The van der Waals surface area contributed by atoms with Crippen molar-refractivity contribution in [2.75, 3.05) is 13.6 Å². The van der Waals surface area contributed by atoms with Gasteiger partial charge < -0.3 is 5.11 Å². The van der Waals surface area contributed by atoms with Crippen molar-refractivity contribution in [3.05, 3.63) is 29.8 Å². The van der Waals surface area contributed by atoms with Gasteiger partial charge in [0.2, 0.25) is 10.0 Å². The van der Waals surface area contributed by atoms with Crippen LogP contribution in [0.5, 0.6) is 0 Å². The van der Waals surface area contributed by atoms with Gasteiger partial charge in [-0.15, -0.1) is 0 Å². The van der Waals surface area contributed by atoms with Crippen LogP contribution >= 0.6 is 0 Å². The molecule has 5 nitrogen and oxygen atoms in total. The molecule has 0 aromatic heterocycles. The lowest BCUT2D eigenvalue weighted by Gasteiger charge is -2.29. The Morgan fingerprint density at radius 2 is 2.11 bits per heavy atom. The molecule has 0 saturated heterocycles. The number of aromatic carboxylic acids is 1. The molecule has 0 atom stereocenters. The summed E-state index contributed by atoms with van der Waals surface area (Å²) in [4.78, 5) is 10.9. The number of hydrogen-bond donors (Lipinski definition) is 1. The van der Waals surface area contributed by atoms with E-state index in [0.29, 0.717) is 12.5 Å². The van der Waals surface area contributed by atoms with Crippen LogP contribution in [0.15, 0.2) is 29.2 Å². The lowest BCUT2D eigenvalue weighted by molar-refractivity contribution is 0.0696. The average molecular weight is 283 g/mol. The summed E-state index contributed by atoms with van der Waals surface area (Å²) in [6.45, 7) is 0.500. The zero-order valence-electron chi connectivity index (χ0n) is 10.7. The van der Waals surface area contributed by atoms with Gasteiger partial charge in [0.1, 0.15) is 0 Å². The van der Waals surface area contributed by atoms with E-state index in [0.717, 1.165) is 19.3 Å². The monoisotopic (exact) mass is 283 g/mol. The van der Waals surface area contributed by atoms with Crippen molar-refractivity contribution in [1.29, 1.82) is 0 Å². The van der Waals surface area contributed by atoms with Crippen molar-refractivity contribution < 1.29 is 18.3 Å². The first kappa shape index (κ1) is 14.0. The summed E-state index contributed by atoms with van der Waals surface area (Å²) >= 11 is 0. The Hall–Kier alpha value is -1.40. The van der Waals surface area contributed by atoms with Gasteiger partial charge in [0, 0.05) is 13.6 Å². The van der Waals surface area contributed by atoms with E-state index in [1.54, 1.807) is 7.05 Å². The van der Waals surface area contributed by atoms with Crippen LogP contribution < -0.4 is 0 Å². The van der Waals surface area contributed by atoms with Crippen LogP contribution in [0.25, 0.3) is 0 Å². The predicted molar refractivity (Wildman–Crippen MR) is 70.6 cm³/mol. The number of sulfonamides is 1. The van der Waals surface area contributed by atoms with Crippen LogP contribution in [-0.4, -0.2) is 37.4 Å². The van der Waals surface area contributed by atoms with Crippen molar-refractivity contribution >= 4 is 16.0 Å². The third-order valence-corrected chi connectivity index (χ3v) is 5.35. The highest BCUT2D eigenvalue weighted by Gasteiger charge is 2.27. The van der Waals surface area contributed by atoms with Crippen LogP contribution in [0.1, 0.15) is 29.6 Å². The molecule has 6 heteroatoms. The molecule has 1 aromatic carbocycles. The van der Waals surface area contributed by atoms with Crippen LogP contribution in [0.3, 0.4) is 0 Å².